The Morgan fingerprint density at radius 3 is 2.62 bits per heavy atom. The smallest absolute Gasteiger partial charge is 0.341 e. The summed E-state index contributed by atoms with van der Waals surface area (Å²) >= 11 is 5.91. The van der Waals surface area contributed by atoms with Crippen molar-refractivity contribution in [2.45, 2.75) is 13.5 Å². The molecule has 0 aliphatic rings. The van der Waals surface area contributed by atoms with E-state index in [2.05, 4.69) is 4.74 Å². The molecule has 2 aromatic rings. The Morgan fingerprint density at radius 1 is 1.25 bits per heavy atom. The van der Waals surface area contributed by atoms with Crippen molar-refractivity contribution < 1.29 is 23.5 Å². The minimum Gasteiger partial charge on any atom is -0.483 e. The Kier molecular flexibility index (Phi) is 5.87. The quantitative estimate of drug-likeness (QED) is 0.748. The van der Waals surface area contributed by atoms with Gasteiger partial charge in [0.05, 0.1) is 13.7 Å². The normalized spacial score (nSPS) is 10.3. The van der Waals surface area contributed by atoms with Crippen LogP contribution in [0.15, 0.2) is 34.7 Å². The van der Waals surface area contributed by atoms with E-state index < -0.39 is 5.97 Å². The summed E-state index contributed by atoms with van der Waals surface area (Å²) < 4.78 is 15.6. The van der Waals surface area contributed by atoms with Gasteiger partial charge in [-0.1, -0.05) is 11.6 Å². The van der Waals surface area contributed by atoms with Gasteiger partial charge in [0.25, 0.3) is 5.91 Å². The van der Waals surface area contributed by atoms with Crippen molar-refractivity contribution in [3.63, 3.8) is 0 Å². The Morgan fingerprint density at radius 2 is 2.00 bits per heavy atom. The SMILES string of the molecule is COC(=O)c1ccc(Cl)cc1OCC(=O)N(C)Cc1ccc(C)o1. The zero-order valence-corrected chi connectivity index (χ0v) is 14.4. The monoisotopic (exact) mass is 351 g/mol. The Bertz CT molecular complexity index is 740. The molecule has 0 bridgehead atoms. The van der Waals surface area contributed by atoms with E-state index in [1.165, 1.54) is 24.1 Å². The molecule has 1 heterocycles. The number of carbonyl (C=O) groups excluding carboxylic acids is 2. The number of hydrogen-bond acceptors (Lipinski definition) is 5. The third-order valence-electron chi connectivity index (χ3n) is 3.31. The van der Waals surface area contributed by atoms with Crippen molar-refractivity contribution in [2.75, 3.05) is 20.8 Å². The molecular weight excluding hydrogens is 334 g/mol. The van der Waals surface area contributed by atoms with Crippen LogP contribution in [0.5, 0.6) is 5.75 Å². The lowest BCUT2D eigenvalue weighted by atomic mass is 10.2. The van der Waals surface area contributed by atoms with Crippen LogP contribution in [0, 0.1) is 6.92 Å². The lowest BCUT2D eigenvalue weighted by Gasteiger charge is -2.17. The minimum absolute atomic E-state index is 0.199. The van der Waals surface area contributed by atoms with Gasteiger partial charge in [0, 0.05) is 12.1 Å². The molecule has 0 fully saturated rings. The largest absolute Gasteiger partial charge is 0.483 e. The summed E-state index contributed by atoms with van der Waals surface area (Å²) in [5.74, 6) is 0.837. The van der Waals surface area contributed by atoms with Crippen LogP contribution < -0.4 is 4.74 Å². The number of likely N-dealkylation sites (N-methyl/N-ethyl adjacent to an activating group) is 1. The first-order valence-electron chi connectivity index (χ1n) is 7.20. The van der Waals surface area contributed by atoms with Gasteiger partial charge in [0.15, 0.2) is 6.61 Å². The lowest BCUT2D eigenvalue weighted by molar-refractivity contribution is -0.132. The second kappa shape index (κ2) is 7.88. The average Bonchev–Trinajstić information content (AvgIpc) is 2.96. The summed E-state index contributed by atoms with van der Waals surface area (Å²) in [5.41, 5.74) is 0.207. The van der Waals surface area contributed by atoms with E-state index in [0.717, 1.165) is 5.76 Å². The number of esters is 1. The summed E-state index contributed by atoms with van der Waals surface area (Å²) in [6.07, 6.45) is 0. The molecule has 0 N–H and O–H groups in total. The van der Waals surface area contributed by atoms with E-state index in [9.17, 15) is 9.59 Å². The van der Waals surface area contributed by atoms with Crippen molar-refractivity contribution in [1.82, 2.24) is 4.90 Å². The van der Waals surface area contributed by atoms with Gasteiger partial charge in [0.2, 0.25) is 0 Å². The highest BCUT2D eigenvalue weighted by atomic mass is 35.5. The van der Waals surface area contributed by atoms with Gasteiger partial charge in [-0.05, 0) is 37.3 Å². The van der Waals surface area contributed by atoms with E-state index in [4.69, 9.17) is 20.8 Å². The van der Waals surface area contributed by atoms with Crippen molar-refractivity contribution >= 4 is 23.5 Å². The zero-order chi connectivity index (χ0) is 17.7. The van der Waals surface area contributed by atoms with Crippen molar-refractivity contribution in [2.24, 2.45) is 0 Å². The second-order valence-electron chi connectivity index (χ2n) is 5.18. The van der Waals surface area contributed by atoms with E-state index in [1.54, 1.807) is 13.1 Å². The molecule has 24 heavy (non-hydrogen) atoms. The van der Waals surface area contributed by atoms with E-state index in [-0.39, 0.29) is 23.8 Å². The van der Waals surface area contributed by atoms with Crippen LogP contribution in [0.1, 0.15) is 21.9 Å². The van der Waals surface area contributed by atoms with E-state index in [0.29, 0.717) is 17.3 Å². The van der Waals surface area contributed by atoms with Crippen molar-refractivity contribution in [3.05, 3.63) is 52.4 Å². The fourth-order valence-corrected chi connectivity index (χ4v) is 2.20. The number of methoxy groups -OCH3 is 1. The summed E-state index contributed by atoms with van der Waals surface area (Å²) in [4.78, 5) is 25.4. The fourth-order valence-electron chi connectivity index (χ4n) is 2.04. The number of aryl methyl sites for hydroxylation is 1. The molecule has 0 atom stereocenters. The molecule has 2 rings (SSSR count). The van der Waals surface area contributed by atoms with Crippen LogP contribution in [0.2, 0.25) is 5.02 Å². The van der Waals surface area contributed by atoms with Gasteiger partial charge in [0.1, 0.15) is 22.8 Å². The Hall–Kier alpha value is -2.47. The number of benzene rings is 1. The summed E-state index contributed by atoms with van der Waals surface area (Å²) in [6.45, 7) is 1.93. The van der Waals surface area contributed by atoms with Crippen LogP contribution >= 0.6 is 11.6 Å². The van der Waals surface area contributed by atoms with Gasteiger partial charge >= 0.3 is 5.97 Å². The number of furan rings is 1. The summed E-state index contributed by atoms with van der Waals surface area (Å²) in [7, 11) is 2.91. The molecule has 7 heteroatoms. The Balaban J connectivity index is 2.00. The molecule has 1 aromatic heterocycles. The topological polar surface area (TPSA) is 69.0 Å². The number of carbonyl (C=O) groups is 2. The highest BCUT2D eigenvalue weighted by Crippen LogP contribution is 2.24. The van der Waals surface area contributed by atoms with Crippen LogP contribution in [0.4, 0.5) is 0 Å². The standard InChI is InChI=1S/C17H18ClNO5/c1-11-4-6-13(24-11)9-19(2)16(20)10-23-15-8-12(18)5-7-14(15)17(21)22-3/h4-8H,9-10H2,1-3H3. The average molecular weight is 352 g/mol. The third kappa shape index (κ3) is 4.52. The van der Waals surface area contributed by atoms with Gasteiger partial charge in [-0.3, -0.25) is 4.79 Å². The van der Waals surface area contributed by atoms with E-state index in [1.807, 2.05) is 19.1 Å². The molecular formula is C17H18ClNO5. The molecule has 0 aliphatic carbocycles. The predicted octanol–water partition coefficient (Wildman–Crippen LogP) is 3.07. The van der Waals surface area contributed by atoms with Crippen molar-refractivity contribution in [3.8, 4) is 5.75 Å². The molecule has 6 nitrogen and oxygen atoms in total. The maximum Gasteiger partial charge on any atom is 0.341 e. The van der Waals surface area contributed by atoms with Gasteiger partial charge in [-0.25, -0.2) is 4.79 Å². The molecule has 0 saturated carbocycles. The number of nitrogens with zero attached hydrogens (tertiary/aromatic N) is 1. The van der Waals surface area contributed by atoms with Crippen LogP contribution in [0.3, 0.4) is 0 Å². The molecule has 1 aromatic carbocycles. The zero-order valence-electron chi connectivity index (χ0n) is 13.7. The molecule has 0 radical (unpaired) electrons. The number of hydrogen-bond donors (Lipinski definition) is 0. The molecule has 1 amide bonds. The number of halogens is 1. The molecule has 128 valence electrons. The molecule has 0 aliphatic heterocycles. The maximum atomic E-state index is 12.2. The first-order chi connectivity index (χ1) is 11.4. The first-order valence-corrected chi connectivity index (χ1v) is 7.58. The van der Waals surface area contributed by atoms with Crippen LogP contribution in [0.25, 0.3) is 0 Å². The number of ether oxygens (including phenoxy) is 2. The first kappa shape index (κ1) is 17.9. The highest BCUT2D eigenvalue weighted by Gasteiger charge is 2.17. The Labute approximate surface area is 144 Å². The summed E-state index contributed by atoms with van der Waals surface area (Å²) in [5, 5.41) is 0.393. The second-order valence-corrected chi connectivity index (χ2v) is 5.62. The van der Waals surface area contributed by atoms with E-state index >= 15 is 0 Å². The molecule has 0 unspecified atom stereocenters. The maximum absolute atomic E-state index is 12.2. The van der Waals surface area contributed by atoms with Gasteiger partial charge in [-0.15, -0.1) is 0 Å². The molecule has 0 spiro atoms. The van der Waals surface area contributed by atoms with Gasteiger partial charge in [-0.2, -0.15) is 0 Å². The van der Waals surface area contributed by atoms with Crippen molar-refractivity contribution in [1.29, 1.82) is 0 Å². The minimum atomic E-state index is -0.562. The number of rotatable bonds is 6. The molecule has 0 saturated heterocycles. The summed E-state index contributed by atoms with van der Waals surface area (Å²) in [6, 6.07) is 8.15. The van der Waals surface area contributed by atoms with Crippen LogP contribution in [-0.2, 0) is 16.1 Å². The van der Waals surface area contributed by atoms with Gasteiger partial charge < -0.3 is 18.8 Å². The highest BCUT2D eigenvalue weighted by molar-refractivity contribution is 6.30. The predicted molar refractivity (Wildman–Crippen MR) is 88.2 cm³/mol. The number of amides is 1. The van der Waals surface area contributed by atoms with Crippen LogP contribution in [-0.4, -0.2) is 37.5 Å². The fraction of sp³-hybridized carbons (Fsp3) is 0.294. The lowest BCUT2D eigenvalue weighted by Crippen LogP contribution is -2.31. The third-order valence-corrected chi connectivity index (χ3v) is 3.55.